The number of halogens is 1. The molecule has 82 valence electrons. The number of hydrogen-bond donors (Lipinski definition) is 0. The van der Waals surface area contributed by atoms with Gasteiger partial charge in [0.15, 0.2) is 0 Å². The van der Waals surface area contributed by atoms with Crippen LogP contribution in [0.1, 0.15) is 12.5 Å². The maximum Gasteiger partial charge on any atom is 0.310 e. The van der Waals surface area contributed by atoms with Crippen LogP contribution in [0.25, 0.3) is 0 Å². The van der Waals surface area contributed by atoms with Crippen LogP contribution < -0.4 is 0 Å². The van der Waals surface area contributed by atoms with E-state index in [1.54, 1.807) is 11.8 Å². The Labute approximate surface area is 108 Å². The van der Waals surface area contributed by atoms with Crippen molar-refractivity contribution in [2.75, 3.05) is 12.9 Å². The third kappa shape index (κ3) is 4.03. The van der Waals surface area contributed by atoms with Gasteiger partial charge in [-0.25, -0.2) is 0 Å². The zero-order valence-corrected chi connectivity index (χ0v) is 11.7. The molecule has 0 saturated heterocycles. The Bertz CT molecular complexity index is 352. The number of thioether (sulfide) groups is 1. The summed E-state index contributed by atoms with van der Waals surface area (Å²) in [5, 5.41) is 0. The standard InChI is InChI=1S/C11H13IO2S/c1-3-14-11(13)6-8-4-5-9(15-2)7-10(8)12/h4-5,7H,3,6H2,1-2H3. The lowest BCUT2D eigenvalue weighted by Gasteiger charge is -2.05. The third-order valence-electron chi connectivity index (χ3n) is 1.90. The highest BCUT2D eigenvalue weighted by Crippen LogP contribution is 2.21. The van der Waals surface area contributed by atoms with Crippen LogP contribution in [0.4, 0.5) is 0 Å². The lowest BCUT2D eigenvalue weighted by atomic mass is 10.1. The molecule has 0 atom stereocenters. The number of esters is 1. The van der Waals surface area contributed by atoms with Gasteiger partial charge in [0.2, 0.25) is 0 Å². The van der Waals surface area contributed by atoms with Gasteiger partial charge in [0, 0.05) is 8.47 Å². The molecule has 0 amide bonds. The van der Waals surface area contributed by atoms with Crippen molar-refractivity contribution in [3.8, 4) is 0 Å². The predicted octanol–water partition coefficient (Wildman–Crippen LogP) is 3.12. The lowest BCUT2D eigenvalue weighted by molar-refractivity contribution is -0.142. The molecular weight excluding hydrogens is 323 g/mol. The van der Waals surface area contributed by atoms with E-state index in [1.807, 2.05) is 25.3 Å². The summed E-state index contributed by atoms with van der Waals surface area (Å²) in [7, 11) is 0. The van der Waals surface area contributed by atoms with Gasteiger partial charge in [-0.05, 0) is 53.5 Å². The van der Waals surface area contributed by atoms with Crippen LogP contribution in [-0.4, -0.2) is 18.8 Å². The average Bonchev–Trinajstić information content (AvgIpc) is 2.21. The van der Waals surface area contributed by atoms with Crippen LogP contribution in [0.3, 0.4) is 0 Å². The molecule has 1 aromatic rings. The summed E-state index contributed by atoms with van der Waals surface area (Å²) in [6, 6.07) is 6.10. The van der Waals surface area contributed by atoms with E-state index in [0.717, 1.165) is 9.13 Å². The van der Waals surface area contributed by atoms with Gasteiger partial charge in [0.1, 0.15) is 0 Å². The summed E-state index contributed by atoms with van der Waals surface area (Å²) < 4.78 is 6.03. The van der Waals surface area contributed by atoms with Gasteiger partial charge in [-0.15, -0.1) is 11.8 Å². The second-order valence-corrected chi connectivity index (χ2v) is 4.98. The van der Waals surface area contributed by atoms with Gasteiger partial charge in [0.25, 0.3) is 0 Å². The molecule has 4 heteroatoms. The van der Waals surface area contributed by atoms with E-state index in [-0.39, 0.29) is 5.97 Å². The van der Waals surface area contributed by atoms with Gasteiger partial charge in [-0.2, -0.15) is 0 Å². The minimum atomic E-state index is -0.160. The molecule has 0 fully saturated rings. The molecule has 0 aliphatic rings. The predicted molar refractivity (Wildman–Crippen MR) is 71.3 cm³/mol. The van der Waals surface area contributed by atoms with Crippen molar-refractivity contribution in [1.29, 1.82) is 0 Å². The van der Waals surface area contributed by atoms with Gasteiger partial charge in [-0.1, -0.05) is 6.07 Å². The number of ether oxygens (including phenoxy) is 1. The molecule has 0 saturated carbocycles. The number of carbonyl (C=O) groups is 1. The zero-order chi connectivity index (χ0) is 11.3. The molecule has 0 aliphatic carbocycles. The van der Waals surface area contributed by atoms with Gasteiger partial charge in [-0.3, -0.25) is 4.79 Å². The molecule has 0 radical (unpaired) electrons. The number of carbonyl (C=O) groups excluding carboxylic acids is 1. The van der Waals surface area contributed by atoms with Crippen molar-refractivity contribution in [2.24, 2.45) is 0 Å². The Balaban J connectivity index is 2.73. The molecular formula is C11H13IO2S. The Hall–Kier alpha value is -0.230. The maximum atomic E-state index is 11.3. The van der Waals surface area contributed by atoms with E-state index >= 15 is 0 Å². The van der Waals surface area contributed by atoms with Crippen LogP contribution in [0.5, 0.6) is 0 Å². The molecule has 0 N–H and O–H groups in total. The van der Waals surface area contributed by atoms with Gasteiger partial charge < -0.3 is 4.74 Å². The highest BCUT2D eigenvalue weighted by molar-refractivity contribution is 14.1. The second-order valence-electron chi connectivity index (χ2n) is 2.94. The molecule has 1 aromatic carbocycles. The fourth-order valence-electron chi connectivity index (χ4n) is 1.17. The lowest BCUT2D eigenvalue weighted by Crippen LogP contribution is -2.08. The van der Waals surface area contributed by atoms with Crippen LogP contribution in [-0.2, 0) is 16.0 Å². The molecule has 2 nitrogen and oxygen atoms in total. The normalized spacial score (nSPS) is 10.1. The van der Waals surface area contributed by atoms with E-state index in [1.165, 1.54) is 4.90 Å². The van der Waals surface area contributed by atoms with Crippen molar-refractivity contribution >= 4 is 40.3 Å². The first-order chi connectivity index (χ1) is 7.17. The Morgan fingerprint density at radius 2 is 2.27 bits per heavy atom. The summed E-state index contributed by atoms with van der Waals surface area (Å²) in [5.41, 5.74) is 1.03. The van der Waals surface area contributed by atoms with Crippen molar-refractivity contribution in [3.63, 3.8) is 0 Å². The fourth-order valence-corrected chi connectivity index (χ4v) is 2.52. The second kappa shape index (κ2) is 6.37. The summed E-state index contributed by atoms with van der Waals surface area (Å²) >= 11 is 3.95. The molecule has 0 aromatic heterocycles. The van der Waals surface area contributed by atoms with Crippen molar-refractivity contribution in [2.45, 2.75) is 18.2 Å². The minimum absolute atomic E-state index is 0.160. The molecule has 1 rings (SSSR count). The van der Waals surface area contributed by atoms with E-state index < -0.39 is 0 Å². The van der Waals surface area contributed by atoms with Crippen LogP contribution in [0.15, 0.2) is 23.1 Å². The maximum absolute atomic E-state index is 11.3. The summed E-state index contributed by atoms with van der Waals surface area (Å²) in [6.45, 7) is 2.26. The van der Waals surface area contributed by atoms with Crippen molar-refractivity contribution in [3.05, 3.63) is 27.3 Å². The highest BCUT2D eigenvalue weighted by Gasteiger charge is 2.07. The quantitative estimate of drug-likeness (QED) is 0.480. The molecule has 15 heavy (non-hydrogen) atoms. The van der Waals surface area contributed by atoms with E-state index in [9.17, 15) is 4.79 Å². The summed E-state index contributed by atoms with van der Waals surface area (Å²) in [4.78, 5) is 12.5. The Morgan fingerprint density at radius 1 is 1.53 bits per heavy atom. The first kappa shape index (κ1) is 12.8. The first-order valence-electron chi connectivity index (χ1n) is 4.65. The van der Waals surface area contributed by atoms with Crippen LogP contribution >= 0.6 is 34.4 Å². The SMILES string of the molecule is CCOC(=O)Cc1ccc(SC)cc1I. The van der Waals surface area contributed by atoms with Crippen molar-refractivity contribution < 1.29 is 9.53 Å². The first-order valence-corrected chi connectivity index (χ1v) is 6.95. The topological polar surface area (TPSA) is 26.3 Å². The average molecular weight is 336 g/mol. The Morgan fingerprint density at radius 3 is 2.80 bits per heavy atom. The zero-order valence-electron chi connectivity index (χ0n) is 8.75. The molecule has 0 aliphatic heterocycles. The number of rotatable bonds is 4. The van der Waals surface area contributed by atoms with Gasteiger partial charge in [0.05, 0.1) is 13.0 Å². The van der Waals surface area contributed by atoms with Gasteiger partial charge >= 0.3 is 5.97 Å². The molecule has 0 bridgehead atoms. The molecule has 0 heterocycles. The van der Waals surface area contributed by atoms with Crippen LogP contribution in [0.2, 0.25) is 0 Å². The monoisotopic (exact) mass is 336 g/mol. The largest absolute Gasteiger partial charge is 0.466 e. The molecule has 0 unspecified atom stereocenters. The van der Waals surface area contributed by atoms with Crippen LogP contribution in [0, 0.1) is 3.57 Å². The summed E-state index contributed by atoms with van der Waals surface area (Å²) in [5.74, 6) is -0.160. The number of hydrogen-bond acceptors (Lipinski definition) is 3. The van der Waals surface area contributed by atoms with E-state index in [4.69, 9.17) is 4.74 Å². The smallest absolute Gasteiger partial charge is 0.310 e. The Kier molecular flexibility index (Phi) is 5.45. The number of benzene rings is 1. The minimum Gasteiger partial charge on any atom is -0.466 e. The highest BCUT2D eigenvalue weighted by atomic mass is 127. The van der Waals surface area contributed by atoms with Crippen molar-refractivity contribution in [1.82, 2.24) is 0 Å². The third-order valence-corrected chi connectivity index (χ3v) is 3.63. The van der Waals surface area contributed by atoms with E-state index in [2.05, 4.69) is 28.7 Å². The fraction of sp³-hybridized carbons (Fsp3) is 0.364. The molecule has 0 spiro atoms. The summed E-state index contributed by atoms with van der Waals surface area (Å²) in [6.07, 6.45) is 2.40. The van der Waals surface area contributed by atoms with E-state index in [0.29, 0.717) is 13.0 Å².